The Morgan fingerprint density at radius 3 is 2.43 bits per heavy atom. The molecule has 0 radical (unpaired) electrons. The summed E-state index contributed by atoms with van der Waals surface area (Å²) in [5.41, 5.74) is 10.8. The number of aliphatic imine (C=N–C) groups is 1. The summed E-state index contributed by atoms with van der Waals surface area (Å²) in [7, 11) is 2.97. The van der Waals surface area contributed by atoms with Gasteiger partial charge in [0.2, 0.25) is 11.7 Å². The van der Waals surface area contributed by atoms with Crippen LogP contribution in [0.2, 0.25) is 0 Å². The van der Waals surface area contributed by atoms with Crippen LogP contribution in [0.3, 0.4) is 0 Å². The Kier molecular flexibility index (Phi) is 18.4. The largest absolute Gasteiger partial charge is 0.480 e. The number of guanidine groups is 1. The highest BCUT2D eigenvalue weighted by molar-refractivity contribution is 5.91. The molecule has 11 atom stereocenters. The van der Waals surface area contributed by atoms with E-state index in [0.29, 0.717) is 19.3 Å². The van der Waals surface area contributed by atoms with Crippen LogP contribution in [0.15, 0.2) is 41.4 Å². The molecule has 0 saturated carbocycles. The Morgan fingerprint density at radius 1 is 1.05 bits per heavy atom. The summed E-state index contributed by atoms with van der Waals surface area (Å²) in [4.78, 5) is 40.9. The molecule has 3 rings (SSSR count). The number of hydrogen-bond donors (Lipinski definition) is 7. The van der Waals surface area contributed by atoms with Crippen LogP contribution in [0.5, 0.6) is 0 Å². The van der Waals surface area contributed by atoms with Crippen LogP contribution in [0.1, 0.15) is 85.5 Å². The van der Waals surface area contributed by atoms with E-state index in [1.54, 1.807) is 19.3 Å². The molecule has 0 aromatic rings. The second-order valence-corrected chi connectivity index (χ2v) is 15.4. The third kappa shape index (κ3) is 12.8. The molecule has 3 fully saturated rings. The second kappa shape index (κ2) is 21.9. The number of aliphatic hydroxyl groups excluding tert-OH is 2. The van der Waals surface area contributed by atoms with Crippen molar-refractivity contribution in [2.24, 2.45) is 27.8 Å². The molecule has 17 heteroatoms. The Labute approximate surface area is 330 Å². The number of ether oxygens (including phenoxy) is 6. The second-order valence-electron chi connectivity index (χ2n) is 15.4. The predicted molar refractivity (Wildman–Crippen MR) is 207 cm³/mol. The molecular weight excluding hydrogens is 730 g/mol. The van der Waals surface area contributed by atoms with E-state index in [4.69, 9.17) is 39.9 Å². The first-order valence-electron chi connectivity index (χ1n) is 19.4. The van der Waals surface area contributed by atoms with Gasteiger partial charge in [0.05, 0.1) is 24.4 Å². The minimum Gasteiger partial charge on any atom is -0.480 e. The van der Waals surface area contributed by atoms with Gasteiger partial charge in [0.1, 0.15) is 25.0 Å². The average Bonchev–Trinajstić information content (AvgIpc) is 3.14. The van der Waals surface area contributed by atoms with Gasteiger partial charge >= 0.3 is 5.97 Å². The van der Waals surface area contributed by atoms with E-state index in [1.807, 2.05) is 33.8 Å². The Balaban J connectivity index is 1.48. The minimum absolute atomic E-state index is 0.0217. The number of nitrogens with one attached hydrogen (secondary N) is 2. The number of allylic oxidation sites excluding steroid dienone is 3. The maximum absolute atomic E-state index is 13.5. The fourth-order valence-corrected chi connectivity index (χ4v) is 7.42. The molecule has 2 amide bonds. The smallest absolute Gasteiger partial charge is 0.326 e. The number of fused-ring (bicyclic) bond motifs is 1. The molecule has 3 aliphatic rings. The van der Waals surface area contributed by atoms with Crippen LogP contribution in [-0.4, -0.2) is 127 Å². The van der Waals surface area contributed by atoms with Crippen molar-refractivity contribution in [1.29, 1.82) is 0 Å². The number of rotatable bonds is 21. The van der Waals surface area contributed by atoms with Crippen LogP contribution < -0.4 is 22.1 Å². The molecular formula is C39H65N5O12. The molecule has 0 aromatic carbocycles. The molecule has 56 heavy (non-hydrogen) atoms. The number of methoxy groups -OCH3 is 2. The molecule has 0 bridgehead atoms. The van der Waals surface area contributed by atoms with Gasteiger partial charge in [0.15, 0.2) is 18.3 Å². The number of carbonyl (C=O) groups excluding carboxylic acids is 2. The number of aliphatic hydroxyl groups is 2. The van der Waals surface area contributed by atoms with Crippen molar-refractivity contribution in [3.05, 3.63) is 36.5 Å². The molecule has 0 unspecified atom stereocenters. The quantitative estimate of drug-likeness (QED) is 0.0218. The first-order chi connectivity index (χ1) is 26.5. The van der Waals surface area contributed by atoms with Crippen molar-refractivity contribution in [2.45, 2.75) is 146 Å². The molecule has 17 nitrogen and oxygen atoms in total. The lowest BCUT2D eigenvalue weighted by Gasteiger charge is -2.54. The van der Waals surface area contributed by atoms with Crippen molar-refractivity contribution in [3.63, 3.8) is 0 Å². The standard InChI is InChI=1S/C39H65N5O12/c1-23-21-39(52-7,56-25(3)24(23)2)32(47)34(48)44-35-31-30(53-22-54-35)33(51-6)38(4,5)28(55-31)20-26(45)16-13-11-9-8-10-12-14-18-29(46)43-27(36(49)50)17-15-19-42-37(40)41/h10,12,14,18,24-28,30-33,35,45,47H,1,8-9,11,13,15-17,19-22H2,2-7H3,(H,43,46)(H,44,48)(H,49,50)(H4,40,41,42)/b12-10+,18-14+/t24-,25-,26-,27+,28-,30+,31+,32-,33-,35+,39-/m1/s1. The first-order valence-corrected chi connectivity index (χ1v) is 19.4. The number of aliphatic carboxylic acids is 1. The van der Waals surface area contributed by atoms with Gasteiger partial charge in [-0.25, -0.2) is 4.79 Å². The Bertz CT molecular complexity index is 1400. The number of carbonyl (C=O) groups is 3. The first kappa shape index (κ1) is 47.0. The normalized spacial score (nSPS) is 30.6. The van der Waals surface area contributed by atoms with Gasteiger partial charge in [-0.05, 0) is 39.0 Å². The molecule has 0 aromatic heterocycles. The van der Waals surface area contributed by atoms with Gasteiger partial charge in [0, 0.05) is 51.0 Å². The molecule has 3 heterocycles. The van der Waals surface area contributed by atoms with E-state index in [-0.39, 0.29) is 44.2 Å². The number of nitrogens with two attached hydrogens (primary N) is 2. The van der Waals surface area contributed by atoms with Crippen LogP contribution in [-0.2, 0) is 42.8 Å². The SMILES string of the molecule is C=C1C[C@](OC)([C@H](O)C(=O)N[C@H]2OCO[C@H]3[C@@H]2O[C@H](C[C@H](O)CCCCC/C=C/C=C/C(=O)N[C@@H](CCCN=C(N)N)C(=O)O)C(C)(C)[C@@H]3OC)O[C@H](C)[C@@H]1C. The summed E-state index contributed by atoms with van der Waals surface area (Å²) in [6.07, 6.45) is 5.27. The summed E-state index contributed by atoms with van der Waals surface area (Å²) in [5, 5.41) is 36.9. The number of nitrogens with zero attached hydrogens (tertiary/aromatic N) is 1. The molecule has 3 aliphatic heterocycles. The van der Waals surface area contributed by atoms with Crippen molar-refractivity contribution in [3.8, 4) is 0 Å². The minimum atomic E-state index is -1.70. The average molecular weight is 796 g/mol. The summed E-state index contributed by atoms with van der Waals surface area (Å²) in [5.74, 6) is -4.08. The lowest BCUT2D eigenvalue weighted by Crippen LogP contribution is -2.69. The van der Waals surface area contributed by atoms with Gasteiger partial charge in [-0.3, -0.25) is 14.6 Å². The van der Waals surface area contributed by atoms with Crippen LogP contribution >= 0.6 is 0 Å². The van der Waals surface area contributed by atoms with E-state index in [1.165, 1.54) is 13.2 Å². The van der Waals surface area contributed by atoms with E-state index >= 15 is 0 Å². The van der Waals surface area contributed by atoms with E-state index < -0.39 is 77.9 Å². The van der Waals surface area contributed by atoms with Crippen molar-refractivity contribution in [2.75, 3.05) is 27.6 Å². The van der Waals surface area contributed by atoms with Crippen LogP contribution in [0, 0.1) is 11.3 Å². The van der Waals surface area contributed by atoms with Gasteiger partial charge in [-0.2, -0.15) is 0 Å². The maximum atomic E-state index is 13.5. The fraction of sp³-hybridized carbons (Fsp3) is 0.744. The number of unbranched alkanes of at least 4 members (excludes halogenated alkanes) is 3. The maximum Gasteiger partial charge on any atom is 0.326 e. The molecule has 9 N–H and O–H groups in total. The van der Waals surface area contributed by atoms with Gasteiger partial charge in [-0.1, -0.05) is 64.0 Å². The zero-order valence-corrected chi connectivity index (χ0v) is 33.7. The Hall–Kier alpha value is -3.42. The van der Waals surface area contributed by atoms with Crippen LogP contribution in [0.4, 0.5) is 0 Å². The number of hydrogen-bond acceptors (Lipinski definition) is 12. The molecule has 0 aliphatic carbocycles. The van der Waals surface area contributed by atoms with E-state index in [9.17, 15) is 29.7 Å². The highest BCUT2D eigenvalue weighted by atomic mass is 16.7. The molecule has 318 valence electrons. The zero-order chi connectivity index (χ0) is 41.6. The third-order valence-electron chi connectivity index (χ3n) is 11.0. The molecule has 3 saturated heterocycles. The summed E-state index contributed by atoms with van der Waals surface area (Å²) in [6.45, 7) is 12.0. The highest BCUT2D eigenvalue weighted by Gasteiger charge is 2.57. The van der Waals surface area contributed by atoms with Crippen molar-refractivity contribution < 1.29 is 58.1 Å². The highest BCUT2D eigenvalue weighted by Crippen LogP contribution is 2.44. The Morgan fingerprint density at radius 2 is 1.79 bits per heavy atom. The molecule has 0 spiro atoms. The van der Waals surface area contributed by atoms with E-state index in [2.05, 4.69) is 22.2 Å². The van der Waals surface area contributed by atoms with Crippen molar-refractivity contribution in [1.82, 2.24) is 10.6 Å². The number of carboxylic acid groups (broad SMARTS) is 1. The fourth-order valence-electron chi connectivity index (χ4n) is 7.42. The van der Waals surface area contributed by atoms with Crippen LogP contribution in [0.25, 0.3) is 0 Å². The van der Waals surface area contributed by atoms with Gasteiger partial charge in [0.25, 0.3) is 5.91 Å². The summed E-state index contributed by atoms with van der Waals surface area (Å²) >= 11 is 0. The lowest BCUT2D eigenvalue weighted by atomic mass is 9.72. The summed E-state index contributed by atoms with van der Waals surface area (Å²) in [6, 6.07) is -1.05. The van der Waals surface area contributed by atoms with E-state index in [0.717, 1.165) is 31.3 Å². The number of carboxylic acids is 1. The lowest BCUT2D eigenvalue weighted by molar-refractivity contribution is -0.332. The van der Waals surface area contributed by atoms with Gasteiger partial charge < -0.3 is 65.8 Å². The number of amides is 2. The monoisotopic (exact) mass is 795 g/mol. The van der Waals surface area contributed by atoms with Gasteiger partial charge in [-0.15, -0.1) is 0 Å². The topological polar surface area (TPSA) is 256 Å². The van der Waals surface area contributed by atoms with Crippen molar-refractivity contribution >= 4 is 23.7 Å². The zero-order valence-electron chi connectivity index (χ0n) is 33.7. The third-order valence-corrected chi connectivity index (χ3v) is 11.0. The summed E-state index contributed by atoms with van der Waals surface area (Å²) < 4.78 is 35.9. The predicted octanol–water partition coefficient (Wildman–Crippen LogP) is 1.75.